The van der Waals surface area contributed by atoms with Crippen LogP contribution in [0.5, 0.6) is 0 Å². The number of pyridine rings is 1. The van der Waals surface area contributed by atoms with Crippen molar-refractivity contribution in [3.63, 3.8) is 0 Å². The van der Waals surface area contributed by atoms with Gasteiger partial charge in [-0.3, -0.25) is 4.98 Å². The van der Waals surface area contributed by atoms with Crippen molar-refractivity contribution in [2.45, 2.75) is 13.8 Å². The van der Waals surface area contributed by atoms with E-state index in [1.54, 1.807) is 0 Å². The lowest BCUT2D eigenvalue weighted by atomic mass is 10.1. The Balaban J connectivity index is 2.37. The molecule has 1 aliphatic heterocycles. The Labute approximate surface area is 88.9 Å². The van der Waals surface area contributed by atoms with Crippen LogP contribution >= 0.6 is 11.8 Å². The molecule has 1 aromatic heterocycles. The Bertz CT molecular complexity index is 405. The van der Waals surface area contributed by atoms with Gasteiger partial charge < -0.3 is 0 Å². The van der Waals surface area contributed by atoms with Crippen LogP contribution in [0.25, 0.3) is 5.57 Å². The van der Waals surface area contributed by atoms with Crippen LogP contribution in [0.1, 0.15) is 17.0 Å². The number of rotatable bonds is 1. The van der Waals surface area contributed by atoms with Crippen molar-refractivity contribution < 1.29 is 0 Å². The van der Waals surface area contributed by atoms with E-state index in [1.165, 1.54) is 11.1 Å². The zero-order valence-corrected chi connectivity index (χ0v) is 9.27. The van der Waals surface area contributed by atoms with Crippen LogP contribution in [0.3, 0.4) is 0 Å². The van der Waals surface area contributed by atoms with Gasteiger partial charge in [0.2, 0.25) is 0 Å². The second-order valence-electron chi connectivity index (χ2n) is 3.43. The Morgan fingerprint density at radius 2 is 2.14 bits per heavy atom. The summed E-state index contributed by atoms with van der Waals surface area (Å²) >= 11 is 1.82. The molecule has 0 aromatic carbocycles. The summed E-state index contributed by atoms with van der Waals surface area (Å²) in [5.74, 6) is 1.03. The molecule has 0 spiro atoms. The van der Waals surface area contributed by atoms with Crippen molar-refractivity contribution in [2.75, 3.05) is 5.75 Å². The van der Waals surface area contributed by atoms with Crippen molar-refractivity contribution >= 4 is 17.3 Å². The molecule has 0 saturated carbocycles. The molecule has 0 fully saturated rings. The van der Waals surface area contributed by atoms with E-state index >= 15 is 0 Å². The molecule has 0 atom stereocenters. The average molecular weight is 203 g/mol. The number of hydrogen-bond donors (Lipinski definition) is 0. The largest absolute Gasteiger partial charge is 0.253 e. The van der Waals surface area contributed by atoms with Gasteiger partial charge in [-0.1, -0.05) is 18.2 Å². The highest BCUT2D eigenvalue weighted by Gasteiger charge is 2.05. The minimum Gasteiger partial charge on any atom is -0.253 e. The van der Waals surface area contributed by atoms with Crippen molar-refractivity contribution in [3.05, 3.63) is 46.6 Å². The van der Waals surface area contributed by atoms with Crippen LogP contribution in [0.2, 0.25) is 0 Å². The van der Waals surface area contributed by atoms with Gasteiger partial charge in [-0.2, -0.15) is 0 Å². The molecule has 0 radical (unpaired) electrons. The number of thioether (sulfide) groups is 1. The summed E-state index contributed by atoms with van der Waals surface area (Å²) in [4.78, 5) is 4.58. The molecule has 2 rings (SSSR count). The number of aryl methyl sites for hydroxylation is 2. The summed E-state index contributed by atoms with van der Waals surface area (Å²) in [6.07, 6.45) is 4.23. The highest BCUT2D eigenvalue weighted by Crippen LogP contribution is 2.23. The highest BCUT2D eigenvalue weighted by molar-refractivity contribution is 8.02. The monoisotopic (exact) mass is 203 g/mol. The predicted molar refractivity (Wildman–Crippen MR) is 63.3 cm³/mol. The third-order valence-electron chi connectivity index (χ3n) is 2.39. The van der Waals surface area contributed by atoms with Crippen molar-refractivity contribution in [2.24, 2.45) is 0 Å². The van der Waals surface area contributed by atoms with Crippen molar-refractivity contribution in [1.29, 1.82) is 0 Å². The lowest BCUT2D eigenvalue weighted by Gasteiger charge is -2.09. The molecular formula is C12H13NS. The van der Waals surface area contributed by atoms with Gasteiger partial charge in [0, 0.05) is 11.4 Å². The first-order valence-electron chi connectivity index (χ1n) is 4.69. The Kier molecular flexibility index (Phi) is 2.73. The van der Waals surface area contributed by atoms with E-state index < -0.39 is 0 Å². The van der Waals surface area contributed by atoms with Crippen LogP contribution in [0, 0.1) is 13.8 Å². The van der Waals surface area contributed by atoms with Gasteiger partial charge in [0.1, 0.15) is 0 Å². The molecule has 0 N–H and O–H groups in total. The van der Waals surface area contributed by atoms with Gasteiger partial charge >= 0.3 is 0 Å². The first-order chi connectivity index (χ1) is 6.77. The second-order valence-corrected chi connectivity index (χ2v) is 4.32. The van der Waals surface area contributed by atoms with Crippen LogP contribution in [0.15, 0.2) is 29.7 Å². The molecule has 1 aliphatic rings. The number of hydrogen-bond acceptors (Lipinski definition) is 2. The summed E-state index contributed by atoms with van der Waals surface area (Å²) in [6.45, 7) is 4.15. The van der Waals surface area contributed by atoms with Crippen LogP contribution in [-0.2, 0) is 0 Å². The molecule has 1 nitrogen and oxygen atoms in total. The highest BCUT2D eigenvalue weighted by atomic mass is 32.2. The van der Waals surface area contributed by atoms with Gasteiger partial charge in [0.25, 0.3) is 0 Å². The number of aromatic nitrogens is 1. The SMILES string of the molecule is Cc1ccc(C2=CC=CSC2)nc1C. The van der Waals surface area contributed by atoms with E-state index in [0.29, 0.717) is 0 Å². The van der Waals surface area contributed by atoms with Crippen molar-refractivity contribution in [3.8, 4) is 0 Å². The second kappa shape index (κ2) is 4.01. The molecule has 0 unspecified atom stereocenters. The predicted octanol–water partition coefficient (Wildman–Crippen LogP) is 3.34. The quantitative estimate of drug-likeness (QED) is 0.694. The third-order valence-corrected chi connectivity index (χ3v) is 3.22. The average Bonchev–Trinajstić information content (AvgIpc) is 2.23. The standard InChI is InChI=1S/C12H13NS/c1-9-5-6-12(13-10(9)2)11-4-3-7-14-8-11/h3-7H,8H2,1-2H3. The van der Waals surface area contributed by atoms with Crippen LogP contribution in [0.4, 0.5) is 0 Å². The van der Waals surface area contributed by atoms with E-state index in [9.17, 15) is 0 Å². The smallest absolute Gasteiger partial charge is 0.0673 e. The molecule has 2 heteroatoms. The number of nitrogens with zero attached hydrogens (tertiary/aromatic N) is 1. The van der Waals surface area contributed by atoms with Crippen LogP contribution in [-0.4, -0.2) is 10.7 Å². The Morgan fingerprint density at radius 1 is 1.29 bits per heavy atom. The lowest BCUT2D eigenvalue weighted by Crippen LogP contribution is -1.96. The van der Waals surface area contributed by atoms with E-state index in [-0.39, 0.29) is 0 Å². The first kappa shape index (κ1) is 9.53. The zero-order valence-electron chi connectivity index (χ0n) is 8.45. The third kappa shape index (κ3) is 1.90. The molecule has 0 amide bonds. The van der Waals surface area contributed by atoms with Crippen LogP contribution < -0.4 is 0 Å². The molecule has 0 bridgehead atoms. The van der Waals surface area contributed by atoms with Gasteiger partial charge in [-0.25, -0.2) is 0 Å². The van der Waals surface area contributed by atoms with E-state index in [4.69, 9.17) is 0 Å². The van der Waals surface area contributed by atoms with E-state index in [0.717, 1.165) is 17.1 Å². The molecular weight excluding hydrogens is 190 g/mol. The topological polar surface area (TPSA) is 12.9 Å². The fourth-order valence-electron chi connectivity index (χ4n) is 1.37. The molecule has 0 aliphatic carbocycles. The molecule has 72 valence electrons. The van der Waals surface area contributed by atoms with Gasteiger partial charge in [0.15, 0.2) is 0 Å². The minimum atomic E-state index is 1.03. The fourth-order valence-corrected chi connectivity index (χ4v) is 2.08. The zero-order chi connectivity index (χ0) is 9.97. The summed E-state index contributed by atoms with van der Waals surface area (Å²) < 4.78 is 0. The lowest BCUT2D eigenvalue weighted by molar-refractivity contribution is 1.12. The first-order valence-corrected chi connectivity index (χ1v) is 5.74. The normalized spacial score (nSPS) is 15.4. The summed E-state index contributed by atoms with van der Waals surface area (Å²) in [5, 5.41) is 2.12. The van der Waals surface area contributed by atoms with E-state index in [2.05, 4.69) is 48.5 Å². The molecule has 1 aromatic rings. The Morgan fingerprint density at radius 3 is 2.79 bits per heavy atom. The minimum absolute atomic E-state index is 1.03. The summed E-state index contributed by atoms with van der Waals surface area (Å²) in [5.41, 5.74) is 4.82. The van der Waals surface area contributed by atoms with Crippen molar-refractivity contribution in [1.82, 2.24) is 4.98 Å². The van der Waals surface area contributed by atoms with Gasteiger partial charge in [-0.05, 0) is 36.5 Å². The van der Waals surface area contributed by atoms with Gasteiger partial charge in [0.05, 0.1) is 5.69 Å². The van der Waals surface area contributed by atoms with Gasteiger partial charge in [-0.15, -0.1) is 11.8 Å². The maximum Gasteiger partial charge on any atom is 0.0673 e. The maximum absolute atomic E-state index is 4.58. The summed E-state index contributed by atoms with van der Waals surface area (Å²) in [7, 11) is 0. The Hall–Kier alpha value is -1.02. The fraction of sp³-hybridized carbons (Fsp3) is 0.250. The summed E-state index contributed by atoms with van der Waals surface area (Å²) in [6, 6.07) is 4.25. The van der Waals surface area contributed by atoms with E-state index in [1.807, 2.05) is 11.8 Å². The molecule has 14 heavy (non-hydrogen) atoms. The number of allylic oxidation sites excluding steroid dienone is 2. The maximum atomic E-state index is 4.58. The molecule has 0 saturated heterocycles. The molecule has 2 heterocycles.